The smallest absolute Gasteiger partial charge is 0.266 e. The van der Waals surface area contributed by atoms with Gasteiger partial charge in [-0.1, -0.05) is 30.3 Å². The summed E-state index contributed by atoms with van der Waals surface area (Å²) in [6.07, 6.45) is 0. The van der Waals surface area contributed by atoms with E-state index in [0.717, 1.165) is 11.1 Å². The highest BCUT2D eigenvalue weighted by molar-refractivity contribution is 5.97. The molecular formula is C25H11N5O. The van der Waals surface area contributed by atoms with Crippen molar-refractivity contribution in [3.05, 3.63) is 87.9 Å². The summed E-state index contributed by atoms with van der Waals surface area (Å²) < 4.78 is 1.46. The number of benzene rings is 3. The lowest BCUT2D eigenvalue weighted by atomic mass is 10.0. The largest absolute Gasteiger partial charge is 0.268 e. The second kappa shape index (κ2) is 6.81. The number of hydrogen-bond donors (Lipinski definition) is 0. The molecule has 0 spiro atoms. The van der Waals surface area contributed by atoms with Gasteiger partial charge in [-0.2, -0.15) is 15.8 Å². The number of rotatable bonds is 1. The summed E-state index contributed by atoms with van der Waals surface area (Å²) in [4.78, 5) is 17.9. The van der Waals surface area contributed by atoms with Gasteiger partial charge in [-0.25, -0.2) is 4.98 Å². The zero-order valence-electron chi connectivity index (χ0n) is 16.0. The van der Waals surface area contributed by atoms with Crippen LogP contribution >= 0.6 is 0 Å². The van der Waals surface area contributed by atoms with Gasteiger partial charge in [-0.15, -0.1) is 0 Å². The van der Waals surface area contributed by atoms with Crippen LogP contribution < -0.4 is 10.8 Å². The molecule has 31 heavy (non-hydrogen) atoms. The van der Waals surface area contributed by atoms with Crippen LogP contribution in [0, 0.1) is 34.0 Å². The minimum atomic E-state index is -0.252. The Kier molecular flexibility index (Phi) is 3.97. The van der Waals surface area contributed by atoms with Crippen molar-refractivity contribution in [2.75, 3.05) is 0 Å². The third-order valence-corrected chi connectivity index (χ3v) is 5.33. The van der Waals surface area contributed by atoms with Crippen LogP contribution in [0.5, 0.6) is 0 Å². The molecular weight excluding hydrogens is 386 g/mol. The van der Waals surface area contributed by atoms with Crippen molar-refractivity contribution < 1.29 is 0 Å². The molecule has 0 amide bonds. The highest BCUT2D eigenvalue weighted by atomic mass is 16.1. The summed E-state index contributed by atoms with van der Waals surface area (Å²) >= 11 is 0. The molecule has 0 saturated heterocycles. The van der Waals surface area contributed by atoms with E-state index >= 15 is 0 Å². The molecule has 0 N–H and O–H groups in total. The first-order chi connectivity index (χ1) is 15.2. The predicted octanol–water partition coefficient (Wildman–Crippen LogP) is 3.46. The third kappa shape index (κ3) is 2.63. The van der Waals surface area contributed by atoms with E-state index < -0.39 is 0 Å². The SMILES string of the molecule is N#CC(C#N)=c1c2cc(-c3ccc(C#N)cc3)ccc2n2c(=O)c3ccccc3nc12. The molecule has 6 heteroatoms. The quantitative estimate of drug-likeness (QED) is 0.431. The summed E-state index contributed by atoms with van der Waals surface area (Å²) in [5.74, 6) is 0. The average Bonchev–Trinajstić information content (AvgIpc) is 3.14. The van der Waals surface area contributed by atoms with E-state index in [1.54, 1.807) is 42.5 Å². The molecule has 142 valence electrons. The minimum absolute atomic E-state index is 0.105. The molecule has 0 bridgehead atoms. The number of nitrogens with zero attached hydrogens (tertiary/aromatic N) is 5. The van der Waals surface area contributed by atoms with Crippen LogP contribution in [-0.4, -0.2) is 9.38 Å². The van der Waals surface area contributed by atoms with E-state index in [-0.39, 0.29) is 16.8 Å². The zero-order valence-corrected chi connectivity index (χ0v) is 16.0. The van der Waals surface area contributed by atoms with E-state index in [2.05, 4.69) is 11.1 Å². The van der Waals surface area contributed by atoms with Crippen molar-refractivity contribution in [1.82, 2.24) is 9.38 Å². The van der Waals surface area contributed by atoms with Crippen LogP contribution in [0.4, 0.5) is 0 Å². The number of para-hydroxylation sites is 1. The normalized spacial score (nSPS) is 10.6. The Morgan fingerprint density at radius 1 is 0.839 bits per heavy atom. The molecule has 0 aliphatic rings. The lowest BCUT2D eigenvalue weighted by molar-refractivity contribution is 1.14. The highest BCUT2D eigenvalue weighted by Gasteiger charge is 2.17. The first kappa shape index (κ1) is 18.1. The Labute approximate surface area is 175 Å². The Bertz CT molecular complexity index is 1760. The Hall–Kier alpha value is -4.99. The van der Waals surface area contributed by atoms with Gasteiger partial charge in [-0.05, 0) is 47.5 Å². The van der Waals surface area contributed by atoms with E-state index in [0.29, 0.717) is 32.6 Å². The molecule has 0 aliphatic heterocycles. The summed E-state index contributed by atoms with van der Waals surface area (Å²) in [7, 11) is 0. The van der Waals surface area contributed by atoms with Crippen LogP contribution in [0.25, 0.3) is 44.2 Å². The van der Waals surface area contributed by atoms with Crippen molar-refractivity contribution in [1.29, 1.82) is 15.8 Å². The van der Waals surface area contributed by atoms with Crippen LogP contribution in [0.2, 0.25) is 0 Å². The molecule has 0 unspecified atom stereocenters. The van der Waals surface area contributed by atoms with Crippen LogP contribution in [-0.2, 0) is 0 Å². The maximum Gasteiger partial charge on any atom is 0.266 e. The van der Waals surface area contributed by atoms with E-state index in [9.17, 15) is 15.3 Å². The fraction of sp³-hybridized carbons (Fsp3) is 0. The Morgan fingerprint density at radius 2 is 1.55 bits per heavy atom. The van der Waals surface area contributed by atoms with Gasteiger partial charge in [0, 0.05) is 5.39 Å². The van der Waals surface area contributed by atoms with Crippen LogP contribution in [0.1, 0.15) is 5.56 Å². The maximum atomic E-state index is 13.3. The molecule has 2 aromatic heterocycles. The Balaban J connectivity index is 1.98. The van der Waals surface area contributed by atoms with Crippen LogP contribution in [0.15, 0.2) is 71.5 Å². The zero-order chi connectivity index (χ0) is 21.5. The predicted molar refractivity (Wildman–Crippen MR) is 116 cm³/mol. The van der Waals surface area contributed by atoms with Crippen molar-refractivity contribution >= 4 is 33.0 Å². The van der Waals surface area contributed by atoms with Gasteiger partial charge in [0.15, 0.2) is 5.65 Å². The topological polar surface area (TPSA) is 106 Å². The van der Waals surface area contributed by atoms with Crippen LogP contribution in [0.3, 0.4) is 0 Å². The number of fused-ring (bicyclic) bond motifs is 4. The van der Waals surface area contributed by atoms with Crippen molar-refractivity contribution in [3.8, 4) is 29.3 Å². The molecule has 0 aliphatic carbocycles. The summed E-state index contributed by atoms with van der Waals surface area (Å²) in [5, 5.41) is 29.6. The van der Waals surface area contributed by atoms with Crippen molar-refractivity contribution in [2.24, 2.45) is 0 Å². The molecule has 3 aromatic carbocycles. The van der Waals surface area contributed by atoms with Crippen molar-refractivity contribution in [2.45, 2.75) is 0 Å². The van der Waals surface area contributed by atoms with E-state index in [1.165, 1.54) is 4.40 Å². The van der Waals surface area contributed by atoms with E-state index in [4.69, 9.17) is 5.26 Å². The third-order valence-electron chi connectivity index (χ3n) is 5.33. The number of nitriles is 3. The number of hydrogen-bond acceptors (Lipinski definition) is 5. The van der Waals surface area contributed by atoms with Gasteiger partial charge in [0.1, 0.15) is 17.7 Å². The molecule has 0 saturated carbocycles. The van der Waals surface area contributed by atoms with Crippen molar-refractivity contribution in [3.63, 3.8) is 0 Å². The molecule has 0 fully saturated rings. The molecule has 2 heterocycles. The minimum Gasteiger partial charge on any atom is -0.268 e. The summed E-state index contributed by atoms with van der Waals surface area (Å²) in [6.45, 7) is 0. The monoisotopic (exact) mass is 397 g/mol. The van der Waals surface area contributed by atoms with Gasteiger partial charge in [0.2, 0.25) is 0 Å². The van der Waals surface area contributed by atoms with E-state index in [1.807, 2.05) is 36.4 Å². The van der Waals surface area contributed by atoms with Gasteiger partial charge < -0.3 is 0 Å². The molecule has 5 rings (SSSR count). The molecule has 6 nitrogen and oxygen atoms in total. The molecule has 0 atom stereocenters. The molecule has 0 radical (unpaired) electrons. The second-order valence-corrected chi connectivity index (χ2v) is 6.99. The average molecular weight is 397 g/mol. The fourth-order valence-electron chi connectivity index (χ4n) is 3.88. The fourth-order valence-corrected chi connectivity index (χ4v) is 3.88. The standard InChI is InChI=1S/C25H11N5O/c26-12-15-5-7-16(8-6-15)17-9-10-22-20(11-17)23(18(13-27)14-28)24-29-21-4-2-1-3-19(21)25(31)30(22)24/h1-11H. The van der Waals surface area contributed by atoms with Gasteiger partial charge in [0.25, 0.3) is 5.56 Å². The van der Waals surface area contributed by atoms with Gasteiger partial charge in [-0.3, -0.25) is 9.20 Å². The lowest BCUT2D eigenvalue weighted by Gasteiger charge is -2.03. The summed E-state index contributed by atoms with van der Waals surface area (Å²) in [6, 6.07) is 25.6. The highest BCUT2D eigenvalue weighted by Crippen LogP contribution is 2.25. The Morgan fingerprint density at radius 3 is 2.26 bits per heavy atom. The second-order valence-electron chi connectivity index (χ2n) is 6.99. The maximum absolute atomic E-state index is 13.3. The lowest BCUT2D eigenvalue weighted by Crippen LogP contribution is -2.16. The first-order valence-corrected chi connectivity index (χ1v) is 9.38. The molecule has 5 aromatic rings. The summed E-state index contributed by atoms with van der Waals surface area (Å²) in [5.41, 5.74) is 3.27. The number of aromatic nitrogens is 2. The first-order valence-electron chi connectivity index (χ1n) is 9.38. The van der Waals surface area contributed by atoms with Gasteiger partial charge >= 0.3 is 0 Å². The van der Waals surface area contributed by atoms with Gasteiger partial charge in [0.05, 0.1) is 33.3 Å².